The summed E-state index contributed by atoms with van der Waals surface area (Å²) >= 11 is 0. The van der Waals surface area contributed by atoms with Crippen LogP contribution in [0.25, 0.3) is 0 Å². The molecule has 0 aromatic carbocycles. The fourth-order valence-corrected chi connectivity index (χ4v) is 5.49. The molecule has 1 aliphatic carbocycles. The number of likely N-dealkylation sites (tertiary alicyclic amines) is 1. The van der Waals surface area contributed by atoms with Gasteiger partial charge in [0, 0.05) is 37.0 Å². The van der Waals surface area contributed by atoms with E-state index in [9.17, 15) is 15.0 Å². The molecule has 1 amide bonds. The Hall–Kier alpha value is -1.50. The Morgan fingerprint density at radius 2 is 1.82 bits per heavy atom. The van der Waals surface area contributed by atoms with Gasteiger partial charge >= 0.3 is 0 Å². The summed E-state index contributed by atoms with van der Waals surface area (Å²) < 4.78 is 6.56. The summed E-state index contributed by atoms with van der Waals surface area (Å²) in [5.41, 5.74) is -0.755. The highest BCUT2D eigenvalue weighted by Crippen LogP contribution is 2.52. The quantitative estimate of drug-likeness (QED) is 0.812. The third-order valence-corrected chi connectivity index (χ3v) is 7.51. The number of pyridine rings is 1. The number of aliphatic hydroxyl groups is 2. The lowest BCUT2D eigenvalue weighted by molar-refractivity contribution is -0.271. The second kappa shape index (κ2) is 7.08. The summed E-state index contributed by atoms with van der Waals surface area (Å²) in [7, 11) is 0. The van der Waals surface area contributed by atoms with Gasteiger partial charge in [-0.2, -0.15) is 0 Å². The number of aromatic nitrogens is 1. The molecular formula is C22H32N2O4. The van der Waals surface area contributed by atoms with Crippen molar-refractivity contribution in [3.8, 4) is 0 Å². The summed E-state index contributed by atoms with van der Waals surface area (Å²) in [6.45, 7) is 7.35. The molecule has 3 fully saturated rings. The van der Waals surface area contributed by atoms with Gasteiger partial charge in [-0.25, -0.2) is 0 Å². The SMILES string of the molecule is CC1(C)O[C@@H](C2CCN(C(=O)c3ccncc3)CC2)C2CC1C[C@H](O)[C@@]2(C)O. The minimum Gasteiger partial charge on any atom is -0.390 e. The molecule has 0 radical (unpaired) electrons. The van der Waals surface area contributed by atoms with Crippen molar-refractivity contribution < 1.29 is 19.7 Å². The third-order valence-electron chi connectivity index (χ3n) is 7.51. The van der Waals surface area contributed by atoms with Gasteiger partial charge < -0.3 is 19.8 Å². The summed E-state index contributed by atoms with van der Waals surface area (Å²) in [6.07, 6.45) is 5.66. The number of fused-ring (bicyclic) bond motifs is 2. The van der Waals surface area contributed by atoms with Gasteiger partial charge in [-0.3, -0.25) is 9.78 Å². The minimum atomic E-state index is -1.12. The predicted octanol–water partition coefficient (Wildman–Crippen LogP) is 2.25. The summed E-state index contributed by atoms with van der Waals surface area (Å²) in [4.78, 5) is 18.6. The van der Waals surface area contributed by atoms with Gasteiger partial charge in [0.05, 0.1) is 23.4 Å². The van der Waals surface area contributed by atoms with Crippen molar-refractivity contribution in [2.24, 2.45) is 17.8 Å². The van der Waals surface area contributed by atoms with Crippen molar-refractivity contribution in [2.75, 3.05) is 13.1 Å². The summed E-state index contributed by atoms with van der Waals surface area (Å²) in [6, 6.07) is 3.50. The van der Waals surface area contributed by atoms with E-state index in [1.54, 1.807) is 31.5 Å². The highest BCUT2D eigenvalue weighted by atomic mass is 16.5. The Bertz CT molecular complexity index is 713. The molecule has 4 rings (SSSR count). The number of rotatable bonds is 2. The Labute approximate surface area is 166 Å². The number of hydrogen-bond acceptors (Lipinski definition) is 5. The van der Waals surface area contributed by atoms with E-state index < -0.39 is 11.7 Å². The van der Waals surface area contributed by atoms with Gasteiger partial charge in [-0.05, 0) is 70.4 Å². The maximum atomic E-state index is 12.7. The normalized spacial score (nSPS) is 38.2. The Balaban J connectivity index is 1.47. The molecule has 2 saturated heterocycles. The number of hydrogen-bond donors (Lipinski definition) is 2. The van der Waals surface area contributed by atoms with Crippen LogP contribution in [0, 0.1) is 17.8 Å². The highest BCUT2D eigenvalue weighted by molar-refractivity contribution is 5.94. The second-order valence-corrected chi connectivity index (χ2v) is 9.57. The monoisotopic (exact) mass is 388 g/mol. The number of carbonyl (C=O) groups is 1. The lowest BCUT2D eigenvalue weighted by atomic mass is 9.60. The van der Waals surface area contributed by atoms with E-state index >= 15 is 0 Å². The molecule has 154 valence electrons. The van der Waals surface area contributed by atoms with E-state index in [1.165, 1.54) is 0 Å². The molecule has 2 bridgehead atoms. The van der Waals surface area contributed by atoms with E-state index in [4.69, 9.17) is 4.74 Å². The van der Waals surface area contributed by atoms with Crippen LogP contribution in [-0.4, -0.2) is 62.5 Å². The minimum absolute atomic E-state index is 0.0471. The van der Waals surface area contributed by atoms with Crippen molar-refractivity contribution in [3.05, 3.63) is 30.1 Å². The zero-order chi connectivity index (χ0) is 20.1. The molecule has 5 atom stereocenters. The van der Waals surface area contributed by atoms with E-state index in [2.05, 4.69) is 18.8 Å². The molecule has 1 saturated carbocycles. The Morgan fingerprint density at radius 1 is 1.18 bits per heavy atom. The van der Waals surface area contributed by atoms with E-state index in [1.807, 2.05) is 4.90 Å². The van der Waals surface area contributed by atoms with Gasteiger partial charge in [-0.15, -0.1) is 0 Å². The van der Waals surface area contributed by atoms with Gasteiger partial charge in [0.25, 0.3) is 5.91 Å². The van der Waals surface area contributed by atoms with Crippen LogP contribution in [-0.2, 0) is 4.74 Å². The average molecular weight is 389 g/mol. The maximum absolute atomic E-state index is 12.7. The summed E-state index contributed by atoms with van der Waals surface area (Å²) in [5.74, 6) is 0.522. The van der Waals surface area contributed by atoms with E-state index in [0.717, 1.165) is 19.3 Å². The number of carbonyl (C=O) groups excluding carboxylic acids is 1. The van der Waals surface area contributed by atoms with Gasteiger partial charge in [0.15, 0.2) is 0 Å². The topological polar surface area (TPSA) is 82.9 Å². The molecule has 2 unspecified atom stereocenters. The van der Waals surface area contributed by atoms with Crippen LogP contribution < -0.4 is 0 Å². The fraction of sp³-hybridized carbons (Fsp3) is 0.727. The zero-order valence-electron chi connectivity index (χ0n) is 17.0. The van der Waals surface area contributed by atoms with Crippen LogP contribution in [0.5, 0.6) is 0 Å². The van der Waals surface area contributed by atoms with Crippen molar-refractivity contribution >= 4 is 5.91 Å². The van der Waals surface area contributed by atoms with Crippen molar-refractivity contribution in [1.82, 2.24) is 9.88 Å². The average Bonchev–Trinajstić information content (AvgIpc) is 2.68. The first-order chi connectivity index (χ1) is 13.2. The number of aliphatic hydroxyl groups excluding tert-OH is 1. The largest absolute Gasteiger partial charge is 0.390 e. The van der Waals surface area contributed by atoms with Crippen LogP contribution >= 0.6 is 0 Å². The van der Waals surface area contributed by atoms with Crippen LogP contribution in [0.1, 0.15) is 56.8 Å². The van der Waals surface area contributed by atoms with Gasteiger partial charge in [-0.1, -0.05) is 0 Å². The molecule has 2 aliphatic heterocycles. The number of amides is 1. The highest BCUT2D eigenvalue weighted by Gasteiger charge is 2.57. The molecule has 3 heterocycles. The molecule has 6 heteroatoms. The predicted molar refractivity (Wildman–Crippen MR) is 105 cm³/mol. The van der Waals surface area contributed by atoms with E-state index in [0.29, 0.717) is 25.1 Å². The molecular weight excluding hydrogens is 356 g/mol. The Kier molecular flexibility index (Phi) is 5.01. The fourth-order valence-electron chi connectivity index (χ4n) is 5.49. The van der Waals surface area contributed by atoms with Crippen LogP contribution in [0.15, 0.2) is 24.5 Å². The van der Waals surface area contributed by atoms with Crippen molar-refractivity contribution in [2.45, 2.75) is 69.9 Å². The third kappa shape index (κ3) is 3.36. The van der Waals surface area contributed by atoms with Gasteiger partial charge in [0.1, 0.15) is 0 Å². The molecule has 1 aromatic rings. The van der Waals surface area contributed by atoms with Crippen LogP contribution in [0.2, 0.25) is 0 Å². The van der Waals surface area contributed by atoms with Crippen molar-refractivity contribution in [3.63, 3.8) is 0 Å². The molecule has 6 nitrogen and oxygen atoms in total. The smallest absolute Gasteiger partial charge is 0.253 e. The first-order valence-electron chi connectivity index (χ1n) is 10.5. The van der Waals surface area contributed by atoms with Gasteiger partial charge in [0.2, 0.25) is 0 Å². The number of ether oxygens (including phenoxy) is 1. The first-order valence-corrected chi connectivity index (χ1v) is 10.5. The first kappa shape index (κ1) is 19.8. The molecule has 2 N–H and O–H groups in total. The lowest BCUT2D eigenvalue weighted by Gasteiger charge is -2.58. The second-order valence-electron chi connectivity index (χ2n) is 9.57. The summed E-state index contributed by atoms with van der Waals surface area (Å²) in [5, 5.41) is 21.6. The number of piperidine rings is 1. The molecule has 3 aliphatic rings. The van der Waals surface area contributed by atoms with E-state index in [-0.39, 0.29) is 35.4 Å². The number of nitrogens with zero attached hydrogens (tertiary/aromatic N) is 2. The molecule has 1 aromatic heterocycles. The molecule has 0 spiro atoms. The van der Waals surface area contributed by atoms with Crippen LogP contribution in [0.3, 0.4) is 0 Å². The maximum Gasteiger partial charge on any atom is 0.253 e. The Morgan fingerprint density at radius 3 is 2.46 bits per heavy atom. The molecule has 28 heavy (non-hydrogen) atoms. The van der Waals surface area contributed by atoms with Crippen LogP contribution in [0.4, 0.5) is 0 Å². The lowest BCUT2D eigenvalue weighted by Crippen LogP contribution is -2.65. The zero-order valence-corrected chi connectivity index (χ0v) is 17.0. The van der Waals surface area contributed by atoms with Crippen molar-refractivity contribution in [1.29, 1.82) is 0 Å². The standard InChI is InChI=1S/C22H32N2O4/c1-21(2)16-12-17(22(3,27)18(25)13-16)19(28-21)14-6-10-24(11-7-14)20(26)15-4-8-23-9-5-15/h4-5,8-9,14,16-19,25,27H,6-7,10-13H2,1-3H3/t16?,17?,18-,19-,22-/m0/s1.